The molecule has 0 bridgehead atoms. The maximum absolute atomic E-state index is 15.3. The summed E-state index contributed by atoms with van der Waals surface area (Å²) >= 11 is 0. The predicted molar refractivity (Wildman–Crippen MR) is 127 cm³/mol. The van der Waals surface area contributed by atoms with Crippen LogP contribution in [0.4, 0.5) is 15.9 Å². The van der Waals surface area contributed by atoms with Crippen LogP contribution in [-0.4, -0.2) is 44.6 Å². The van der Waals surface area contributed by atoms with Gasteiger partial charge in [-0.25, -0.2) is 4.39 Å². The first-order valence-electron chi connectivity index (χ1n) is 11.3. The number of halogens is 1. The summed E-state index contributed by atoms with van der Waals surface area (Å²) in [4.78, 5) is 9.22. The summed E-state index contributed by atoms with van der Waals surface area (Å²) in [6.45, 7) is 6.34. The Labute approximate surface area is 192 Å². The Hall–Kier alpha value is -3.50. The second-order valence-electron chi connectivity index (χ2n) is 9.46. The number of rotatable bonds is 1. The van der Waals surface area contributed by atoms with Crippen molar-refractivity contribution in [1.82, 2.24) is 24.5 Å². The van der Waals surface area contributed by atoms with Gasteiger partial charge in [0.25, 0.3) is 5.78 Å². The van der Waals surface area contributed by atoms with Crippen LogP contribution in [0.15, 0.2) is 36.4 Å². The summed E-state index contributed by atoms with van der Waals surface area (Å²) in [6, 6.07) is 11.3. The number of aryl methyl sites for hydroxylation is 1. The largest absolute Gasteiger partial charge is 0.324 e. The predicted octanol–water partition coefficient (Wildman–Crippen LogP) is 4.46. The molecule has 1 aliphatic carbocycles. The van der Waals surface area contributed by atoms with Crippen molar-refractivity contribution in [3.8, 4) is 11.8 Å². The first-order chi connectivity index (χ1) is 15.9. The van der Waals surface area contributed by atoms with E-state index >= 15 is 4.39 Å². The Kier molecular flexibility index (Phi) is 4.43. The van der Waals surface area contributed by atoms with Crippen molar-refractivity contribution in [2.24, 2.45) is 5.41 Å². The van der Waals surface area contributed by atoms with Crippen LogP contribution in [0.5, 0.6) is 0 Å². The highest BCUT2D eigenvalue weighted by molar-refractivity contribution is 5.94. The third-order valence-corrected chi connectivity index (χ3v) is 6.80. The lowest BCUT2D eigenvalue weighted by Crippen LogP contribution is -2.27. The van der Waals surface area contributed by atoms with Gasteiger partial charge in [-0.3, -0.25) is 4.40 Å². The van der Waals surface area contributed by atoms with Crippen molar-refractivity contribution in [2.75, 3.05) is 25.0 Å². The lowest BCUT2D eigenvalue weighted by molar-refractivity contribution is 0.343. The number of hydrogen-bond acceptors (Lipinski definition) is 5. The highest BCUT2D eigenvalue weighted by Gasteiger charge is 2.35. The van der Waals surface area contributed by atoms with Crippen molar-refractivity contribution in [3.63, 3.8) is 0 Å². The quantitative estimate of drug-likeness (QED) is 0.409. The molecule has 0 unspecified atom stereocenters. The van der Waals surface area contributed by atoms with Crippen molar-refractivity contribution < 1.29 is 4.39 Å². The average molecular weight is 441 g/mol. The van der Waals surface area contributed by atoms with Crippen LogP contribution in [0.1, 0.15) is 36.7 Å². The molecule has 6 nitrogen and oxygen atoms in total. The van der Waals surface area contributed by atoms with Gasteiger partial charge in [-0.2, -0.15) is 4.98 Å². The van der Waals surface area contributed by atoms with E-state index in [4.69, 9.17) is 4.98 Å². The summed E-state index contributed by atoms with van der Waals surface area (Å²) in [7, 11) is 2.11. The molecule has 0 saturated heterocycles. The van der Waals surface area contributed by atoms with Gasteiger partial charge in [0.2, 0.25) is 0 Å². The first kappa shape index (κ1) is 20.1. The van der Waals surface area contributed by atoms with E-state index < -0.39 is 0 Å². The maximum Gasteiger partial charge on any atom is 0.257 e. The fourth-order valence-electron chi connectivity index (χ4n) is 4.57. The Bertz CT molecular complexity index is 1470. The number of likely N-dealkylation sites (N-methyl/N-ethyl adjacent to an activating group) is 1. The van der Waals surface area contributed by atoms with Gasteiger partial charge in [0.05, 0.1) is 10.9 Å². The van der Waals surface area contributed by atoms with Crippen molar-refractivity contribution in [3.05, 3.63) is 59.2 Å². The van der Waals surface area contributed by atoms with Gasteiger partial charge in [0.15, 0.2) is 0 Å². The van der Waals surface area contributed by atoms with Gasteiger partial charge >= 0.3 is 0 Å². The molecule has 4 aromatic rings. The monoisotopic (exact) mass is 440 g/mol. The SMILES string of the molecule is Cc1nnc2nc(N3CCN(C)Cc4c(C#CC5(C)CC5)cccc43)c3c(F)cccc3n12. The highest BCUT2D eigenvalue weighted by Crippen LogP contribution is 2.44. The maximum atomic E-state index is 15.3. The van der Waals surface area contributed by atoms with Gasteiger partial charge < -0.3 is 9.80 Å². The van der Waals surface area contributed by atoms with Crippen LogP contribution in [0.3, 0.4) is 0 Å². The minimum atomic E-state index is -0.304. The Morgan fingerprint density at radius 2 is 1.88 bits per heavy atom. The number of aromatic nitrogens is 4. The van der Waals surface area contributed by atoms with E-state index in [1.54, 1.807) is 6.07 Å². The summed E-state index contributed by atoms with van der Waals surface area (Å²) in [5.74, 6) is 8.34. The molecule has 2 aliphatic rings. The van der Waals surface area contributed by atoms with Crippen LogP contribution in [0.25, 0.3) is 16.7 Å². The van der Waals surface area contributed by atoms with Crippen molar-refractivity contribution in [1.29, 1.82) is 0 Å². The van der Waals surface area contributed by atoms with E-state index in [-0.39, 0.29) is 11.2 Å². The Balaban J connectivity index is 1.60. The molecule has 0 atom stereocenters. The highest BCUT2D eigenvalue weighted by atomic mass is 19.1. The van der Waals surface area contributed by atoms with Crippen LogP contribution >= 0.6 is 0 Å². The fraction of sp³-hybridized carbons (Fsp3) is 0.346. The van der Waals surface area contributed by atoms with Gasteiger partial charge in [0, 0.05) is 41.9 Å². The summed E-state index contributed by atoms with van der Waals surface area (Å²) in [6.07, 6.45) is 2.32. The fourth-order valence-corrected chi connectivity index (χ4v) is 4.57. The number of hydrogen-bond donors (Lipinski definition) is 0. The second-order valence-corrected chi connectivity index (χ2v) is 9.46. The molecule has 1 aliphatic heterocycles. The number of benzene rings is 2. The molecule has 166 valence electrons. The lowest BCUT2D eigenvalue weighted by Gasteiger charge is -2.26. The standard InChI is InChI=1S/C26H25FN6/c1-17-29-30-25-28-24(23-20(27)7-5-9-22(23)33(17)25)32-15-14-31(3)16-19-18(6-4-8-21(19)32)10-11-26(2)12-13-26/h4-9H,12-16H2,1-3H3. The zero-order valence-electron chi connectivity index (χ0n) is 19.1. The van der Waals surface area contributed by atoms with Crippen LogP contribution in [0.2, 0.25) is 0 Å². The number of anilines is 2. The summed E-state index contributed by atoms with van der Waals surface area (Å²) in [5.41, 5.74) is 4.07. The molecule has 0 radical (unpaired) electrons. The van der Waals surface area contributed by atoms with E-state index in [9.17, 15) is 0 Å². The molecule has 1 saturated carbocycles. The minimum absolute atomic E-state index is 0.149. The molecule has 2 aromatic heterocycles. The normalized spacial score (nSPS) is 17.5. The van der Waals surface area contributed by atoms with Crippen molar-refractivity contribution >= 4 is 28.2 Å². The van der Waals surface area contributed by atoms with E-state index in [2.05, 4.69) is 57.9 Å². The second kappa shape index (κ2) is 7.26. The number of fused-ring (bicyclic) bond motifs is 4. The molecular weight excluding hydrogens is 415 g/mol. The molecule has 6 rings (SSSR count). The Morgan fingerprint density at radius 1 is 1.06 bits per heavy atom. The molecular formula is C26H25FN6. The Morgan fingerprint density at radius 3 is 2.70 bits per heavy atom. The zero-order valence-corrected chi connectivity index (χ0v) is 19.1. The zero-order chi connectivity index (χ0) is 22.7. The third kappa shape index (κ3) is 3.33. The van der Waals surface area contributed by atoms with E-state index in [1.807, 2.05) is 23.5 Å². The lowest BCUT2D eigenvalue weighted by atomic mass is 10.0. The van der Waals surface area contributed by atoms with E-state index in [0.29, 0.717) is 34.9 Å². The number of nitrogens with zero attached hydrogens (tertiary/aromatic N) is 6. The van der Waals surface area contributed by atoms with Crippen LogP contribution < -0.4 is 4.90 Å². The average Bonchev–Trinajstić information content (AvgIpc) is 3.46. The van der Waals surface area contributed by atoms with Crippen LogP contribution in [0, 0.1) is 30.0 Å². The van der Waals surface area contributed by atoms with Gasteiger partial charge in [-0.05, 0) is 58.0 Å². The van der Waals surface area contributed by atoms with Gasteiger partial charge in [-0.15, -0.1) is 10.2 Å². The molecule has 1 fully saturated rings. The van der Waals surface area contributed by atoms with Gasteiger partial charge in [0.1, 0.15) is 17.5 Å². The van der Waals surface area contributed by atoms with Crippen molar-refractivity contribution in [2.45, 2.75) is 33.2 Å². The summed E-state index contributed by atoms with van der Waals surface area (Å²) < 4.78 is 17.1. The van der Waals surface area contributed by atoms with E-state index in [1.165, 1.54) is 6.07 Å². The molecule has 7 heteroatoms. The van der Waals surface area contributed by atoms with E-state index in [0.717, 1.165) is 42.7 Å². The minimum Gasteiger partial charge on any atom is -0.324 e. The molecule has 0 spiro atoms. The van der Waals surface area contributed by atoms with Gasteiger partial charge in [-0.1, -0.05) is 24.0 Å². The summed E-state index contributed by atoms with van der Waals surface area (Å²) in [5, 5.41) is 8.91. The van der Waals surface area contributed by atoms with Crippen LogP contribution in [-0.2, 0) is 6.54 Å². The topological polar surface area (TPSA) is 49.6 Å². The molecule has 3 heterocycles. The molecule has 0 N–H and O–H groups in total. The molecule has 0 amide bonds. The first-order valence-corrected chi connectivity index (χ1v) is 11.3. The molecule has 2 aromatic carbocycles. The third-order valence-electron chi connectivity index (χ3n) is 6.80. The molecule has 33 heavy (non-hydrogen) atoms. The smallest absolute Gasteiger partial charge is 0.257 e.